The highest BCUT2D eigenvalue weighted by atomic mass is 32.2. The van der Waals surface area contributed by atoms with E-state index in [4.69, 9.17) is 4.55 Å². The van der Waals surface area contributed by atoms with E-state index in [1.54, 1.807) is 0 Å². The van der Waals surface area contributed by atoms with Crippen molar-refractivity contribution < 1.29 is 17.5 Å². The number of unbranched alkanes of at least 4 members (excludes halogenated alkanes) is 1. The Bertz CT molecular complexity index is 999. The number of anilines is 1. The van der Waals surface area contributed by atoms with Gasteiger partial charge in [0.1, 0.15) is 11.4 Å². The van der Waals surface area contributed by atoms with Crippen molar-refractivity contribution in [3.05, 3.63) is 34.3 Å². The zero-order chi connectivity index (χ0) is 20.4. The average Bonchev–Trinajstić information content (AvgIpc) is 3.03. The smallest absolute Gasteiger partial charge is 0.371 e. The molecule has 9 heteroatoms. The van der Waals surface area contributed by atoms with Gasteiger partial charge in [0.05, 0.1) is 17.4 Å². The third-order valence-electron chi connectivity index (χ3n) is 5.59. The predicted octanol–water partition coefficient (Wildman–Crippen LogP) is 4.13. The zero-order valence-corrected chi connectivity index (χ0v) is 18.3. The van der Waals surface area contributed by atoms with E-state index in [-0.39, 0.29) is 5.75 Å². The summed E-state index contributed by atoms with van der Waals surface area (Å²) >= 11 is 1.54. The van der Waals surface area contributed by atoms with Crippen LogP contribution in [-0.4, -0.2) is 31.8 Å². The van der Waals surface area contributed by atoms with Gasteiger partial charge < -0.3 is 4.90 Å². The van der Waals surface area contributed by atoms with Crippen molar-refractivity contribution in [1.29, 1.82) is 0 Å². The number of hydrogen-bond acceptors (Lipinski definition) is 6. The molecule has 0 aliphatic carbocycles. The van der Waals surface area contributed by atoms with Crippen molar-refractivity contribution in [3.63, 3.8) is 0 Å². The topological polar surface area (TPSA) is 86.2 Å². The van der Waals surface area contributed by atoms with E-state index >= 15 is 0 Å². The second-order valence-corrected chi connectivity index (χ2v) is 10.2. The highest BCUT2D eigenvalue weighted by Gasteiger charge is 2.24. The molecule has 0 fully saturated rings. The molecule has 7 nitrogen and oxygen atoms in total. The molecule has 3 heterocycles. The molecule has 0 unspecified atom stereocenters. The fraction of sp³-hybridized carbons (Fsp3) is 0.550. The number of nitrogens with zero attached hydrogens (tertiary/aromatic N) is 4. The Balaban J connectivity index is 1.50. The minimum atomic E-state index is -3.90. The Labute approximate surface area is 175 Å². The summed E-state index contributed by atoms with van der Waals surface area (Å²) in [6, 6.07) is 4.35. The van der Waals surface area contributed by atoms with E-state index in [0.29, 0.717) is 19.4 Å². The molecule has 1 N–H and O–H groups in total. The van der Waals surface area contributed by atoms with Crippen LogP contribution in [0.2, 0.25) is 0 Å². The molecular formula is C20H27N4O3S2+. The normalized spacial score (nSPS) is 16.4. The third-order valence-corrected chi connectivity index (χ3v) is 7.37. The first-order chi connectivity index (χ1) is 13.9. The molecule has 0 bridgehead atoms. The van der Waals surface area contributed by atoms with Gasteiger partial charge in [-0.1, -0.05) is 0 Å². The highest BCUT2D eigenvalue weighted by Crippen LogP contribution is 2.38. The van der Waals surface area contributed by atoms with Gasteiger partial charge in [-0.15, -0.1) is 0 Å². The zero-order valence-electron chi connectivity index (χ0n) is 16.7. The number of azo groups is 1. The third kappa shape index (κ3) is 4.84. The molecule has 0 saturated carbocycles. The van der Waals surface area contributed by atoms with Crippen LogP contribution in [0.4, 0.5) is 16.5 Å². The van der Waals surface area contributed by atoms with Gasteiger partial charge in [-0.3, -0.25) is 4.55 Å². The number of thiazole rings is 1. The van der Waals surface area contributed by atoms with Gasteiger partial charge in [0, 0.05) is 24.2 Å². The minimum Gasteiger partial charge on any atom is -0.371 e. The summed E-state index contributed by atoms with van der Waals surface area (Å²) < 4.78 is 32.7. The number of aryl methyl sites for hydroxylation is 3. The maximum atomic E-state index is 10.9. The molecule has 0 amide bonds. The standard InChI is InChI=1S/C20H26N4O3S2/c1-15-14-28-20(24(15)10-2-3-11-29(25,26)27)22-21-18-12-16-6-4-8-23-9-5-7-17(13-18)19(16)23/h12-14H,2-11H2,1H3/p+1. The van der Waals surface area contributed by atoms with Crippen LogP contribution in [0.15, 0.2) is 27.7 Å². The summed E-state index contributed by atoms with van der Waals surface area (Å²) in [7, 11) is -3.90. The van der Waals surface area contributed by atoms with Gasteiger partial charge in [-0.2, -0.15) is 8.42 Å². The van der Waals surface area contributed by atoms with Gasteiger partial charge in [0.15, 0.2) is 0 Å². The van der Waals surface area contributed by atoms with Crippen molar-refractivity contribution in [3.8, 4) is 0 Å². The minimum absolute atomic E-state index is 0.206. The van der Waals surface area contributed by atoms with Crippen LogP contribution in [0.5, 0.6) is 0 Å². The molecule has 1 aromatic carbocycles. The molecule has 0 saturated heterocycles. The van der Waals surface area contributed by atoms with Crippen LogP contribution in [0, 0.1) is 6.92 Å². The lowest BCUT2D eigenvalue weighted by atomic mass is 9.91. The van der Waals surface area contributed by atoms with Gasteiger partial charge in [-0.05, 0) is 85.2 Å². The van der Waals surface area contributed by atoms with Crippen molar-refractivity contribution in [1.82, 2.24) is 0 Å². The first kappa shape index (κ1) is 20.4. The monoisotopic (exact) mass is 435 g/mol. The molecule has 2 aliphatic heterocycles. The summed E-state index contributed by atoms with van der Waals surface area (Å²) in [5, 5.41) is 11.9. The van der Waals surface area contributed by atoms with Crippen LogP contribution in [0.1, 0.15) is 42.5 Å². The molecule has 1 aromatic heterocycles. The molecular weight excluding hydrogens is 408 g/mol. The summed E-state index contributed by atoms with van der Waals surface area (Å²) in [5.41, 5.74) is 6.20. The molecule has 0 radical (unpaired) electrons. The quantitative estimate of drug-likeness (QED) is 0.307. The Morgan fingerprint density at radius 1 is 1.14 bits per heavy atom. The van der Waals surface area contributed by atoms with Gasteiger partial charge >= 0.3 is 5.13 Å². The molecule has 0 atom stereocenters. The van der Waals surface area contributed by atoms with E-state index in [1.165, 1.54) is 41.0 Å². The van der Waals surface area contributed by atoms with Gasteiger partial charge in [0.25, 0.3) is 10.1 Å². The van der Waals surface area contributed by atoms with Crippen molar-refractivity contribution in [2.24, 2.45) is 10.2 Å². The number of rotatable bonds is 7. The van der Waals surface area contributed by atoms with Crippen molar-refractivity contribution in [2.45, 2.75) is 52.0 Å². The van der Waals surface area contributed by atoms with Gasteiger partial charge in [0.2, 0.25) is 0 Å². The van der Waals surface area contributed by atoms with E-state index < -0.39 is 10.1 Å². The van der Waals surface area contributed by atoms with Gasteiger partial charge in [-0.25, -0.2) is 4.57 Å². The number of benzene rings is 1. The molecule has 2 aliphatic rings. The molecule has 156 valence electrons. The number of hydrogen-bond donors (Lipinski definition) is 1. The van der Waals surface area contributed by atoms with E-state index in [1.807, 2.05) is 12.3 Å². The summed E-state index contributed by atoms with van der Waals surface area (Å²) in [6.07, 6.45) is 5.68. The van der Waals surface area contributed by atoms with E-state index in [0.717, 1.165) is 42.4 Å². The first-order valence-electron chi connectivity index (χ1n) is 10.2. The Kier molecular flexibility index (Phi) is 5.98. The van der Waals surface area contributed by atoms with E-state index in [9.17, 15) is 8.42 Å². The van der Waals surface area contributed by atoms with Crippen LogP contribution in [0.3, 0.4) is 0 Å². The lowest BCUT2D eigenvalue weighted by Crippen LogP contribution is -2.34. The molecule has 4 rings (SSSR count). The largest absolute Gasteiger partial charge is 0.408 e. The summed E-state index contributed by atoms with van der Waals surface area (Å²) in [6.45, 7) is 4.99. The SMILES string of the molecule is Cc1csc(N=Nc2cc3c4c(c2)CCCN4CCC3)[n+]1CCCCS(=O)(=O)O. The summed E-state index contributed by atoms with van der Waals surface area (Å²) in [5.74, 6) is -0.206. The fourth-order valence-electron chi connectivity index (χ4n) is 4.26. The Morgan fingerprint density at radius 3 is 2.48 bits per heavy atom. The van der Waals surface area contributed by atoms with Crippen LogP contribution < -0.4 is 9.47 Å². The Morgan fingerprint density at radius 2 is 1.83 bits per heavy atom. The fourth-order valence-corrected chi connectivity index (χ4v) is 5.69. The highest BCUT2D eigenvalue weighted by molar-refractivity contribution is 7.85. The molecule has 0 spiro atoms. The summed E-state index contributed by atoms with van der Waals surface area (Å²) in [4.78, 5) is 2.52. The predicted molar refractivity (Wildman–Crippen MR) is 114 cm³/mol. The van der Waals surface area contributed by atoms with Crippen molar-refractivity contribution >= 4 is 38.0 Å². The molecule has 29 heavy (non-hydrogen) atoms. The molecule has 2 aromatic rings. The average molecular weight is 436 g/mol. The maximum absolute atomic E-state index is 10.9. The lowest BCUT2D eigenvalue weighted by Gasteiger charge is -2.36. The second-order valence-electron chi connectivity index (χ2n) is 7.81. The number of aromatic nitrogens is 1. The van der Waals surface area contributed by atoms with Crippen LogP contribution >= 0.6 is 11.3 Å². The maximum Gasteiger partial charge on any atom is 0.408 e. The Hall–Kier alpha value is -1.84. The van der Waals surface area contributed by atoms with E-state index in [2.05, 4.69) is 31.8 Å². The van der Waals surface area contributed by atoms with Crippen LogP contribution in [-0.2, 0) is 29.5 Å². The lowest BCUT2D eigenvalue weighted by molar-refractivity contribution is -0.686. The second kappa shape index (κ2) is 8.49. The first-order valence-corrected chi connectivity index (χ1v) is 12.7. The van der Waals surface area contributed by atoms with Crippen molar-refractivity contribution in [2.75, 3.05) is 23.7 Å². The van der Waals surface area contributed by atoms with Crippen LogP contribution in [0.25, 0.3) is 0 Å².